The minimum atomic E-state index is -4.65. The number of likely N-dealkylation sites (tertiary alicyclic amines) is 1. The molecular weight excluding hydrogens is 471 g/mol. The minimum Gasteiger partial charge on any atom is -0.368 e. The Morgan fingerprint density at radius 3 is 2.35 bits per heavy atom. The van der Waals surface area contributed by atoms with Gasteiger partial charge in [-0.25, -0.2) is 0 Å². The molecule has 0 radical (unpaired) electrons. The standard InChI is InChI=1S/C23H26F3N3O4S/c1-2-3-4-9-17(19(27)30)29-21(32)18(34-22(29)33)14-10-12-28(13-11-14)20(31)15-7-5-6-8-16(15)23(24,25)26/h5-8,17H,2-4,9-13H2,1H3,(H2,27,30). The summed E-state index contributed by atoms with van der Waals surface area (Å²) in [6.45, 7) is 2.21. The van der Waals surface area contributed by atoms with Crippen LogP contribution >= 0.6 is 11.8 Å². The first kappa shape index (κ1) is 25.8. The van der Waals surface area contributed by atoms with Crippen molar-refractivity contribution in [3.05, 3.63) is 45.9 Å². The molecule has 0 aliphatic carbocycles. The summed E-state index contributed by atoms with van der Waals surface area (Å²) in [5.41, 5.74) is 4.70. The van der Waals surface area contributed by atoms with Crippen molar-refractivity contribution in [2.45, 2.75) is 57.7 Å². The van der Waals surface area contributed by atoms with Gasteiger partial charge in [0.05, 0.1) is 16.0 Å². The predicted molar refractivity (Wildman–Crippen MR) is 121 cm³/mol. The van der Waals surface area contributed by atoms with E-state index in [1.54, 1.807) is 0 Å². The number of imide groups is 1. The zero-order valence-corrected chi connectivity index (χ0v) is 19.5. The third-order valence-electron chi connectivity index (χ3n) is 5.96. The van der Waals surface area contributed by atoms with Crippen molar-refractivity contribution in [2.75, 3.05) is 13.1 Å². The number of amides is 4. The lowest BCUT2D eigenvalue weighted by molar-refractivity contribution is -0.138. The van der Waals surface area contributed by atoms with Crippen molar-refractivity contribution < 1.29 is 32.3 Å². The number of piperidine rings is 1. The van der Waals surface area contributed by atoms with Crippen LogP contribution in [0.4, 0.5) is 18.0 Å². The third-order valence-corrected chi connectivity index (χ3v) is 7.00. The van der Waals surface area contributed by atoms with E-state index < -0.39 is 46.3 Å². The fourth-order valence-electron chi connectivity index (χ4n) is 4.14. The van der Waals surface area contributed by atoms with E-state index in [4.69, 9.17) is 5.73 Å². The van der Waals surface area contributed by atoms with Gasteiger partial charge in [-0.3, -0.25) is 24.1 Å². The van der Waals surface area contributed by atoms with Crippen LogP contribution in [0, 0.1) is 0 Å². The molecule has 4 amide bonds. The van der Waals surface area contributed by atoms with Crippen LogP contribution in [0.1, 0.15) is 61.4 Å². The maximum atomic E-state index is 13.3. The number of unbranched alkanes of at least 4 members (excludes halogenated alkanes) is 2. The lowest BCUT2D eigenvalue weighted by Gasteiger charge is -2.30. The first-order valence-electron chi connectivity index (χ1n) is 11.1. The summed E-state index contributed by atoms with van der Waals surface area (Å²) >= 11 is 0.742. The number of halogens is 3. The molecule has 2 aliphatic rings. The topological polar surface area (TPSA) is 101 Å². The number of hydrogen-bond donors (Lipinski definition) is 1. The number of primary amides is 1. The SMILES string of the molecule is CCCCCC(C(N)=O)N1C(=O)SC(=C2CCN(C(=O)c3ccccc3C(F)(F)F)CC2)C1=O. The lowest BCUT2D eigenvalue weighted by Crippen LogP contribution is -2.47. The molecule has 1 unspecified atom stereocenters. The third kappa shape index (κ3) is 5.45. The van der Waals surface area contributed by atoms with Crippen molar-refractivity contribution in [3.63, 3.8) is 0 Å². The number of carbonyl (C=O) groups is 4. The predicted octanol–water partition coefficient (Wildman–Crippen LogP) is 4.33. The Morgan fingerprint density at radius 2 is 1.76 bits per heavy atom. The summed E-state index contributed by atoms with van der Waals surface area (Å²) in [6.07, 6.45) is -1.49. The number of alkyl halides is 3. The second-order valence-corrected chi connectivity index (χ2v) is 9.19. The summed E-state index contributed by atoms with van der Waals surface area (Å²) < 4.78 is 39.9. The maximum absolute atomic E-state index is 13.3. The second kappa shape index (κ2) is 10.6. The normalized spacial score (nSPS) is 18.0. The number of nitrogens with two attached hydrogens (primary N) is 1. The molecule has 1 atom stereocenters. The fraction of sp³-hybridized carbons (Fsp3) is 0.478. The number of hydrogen-bond acceptors (Lipinski definition) is 5. The fourth-order valence-corrected chi connectivity index (χ4v) is 5.16. The first-order chi connectivity index (χ1) is 16.1. The summed E-state index contributed by atoms with van der Waals surface area (Å²) in [6, 6.07) is 3.61. The molecule has 2 heterocycles. The Bertz CT molecular complexity index is 1010. The minimum absolute atomic E-state index is 0.113. The van der Waals surface area contributed by atoms with E-state index in [1.165, 1.54) is 17.0 Å². The van der Waals surface area contributed by atoms with Gasteiger partial charge < -0.3 is 10.6 Å². The van der Waals surface area contributed by atoms with Crippen molar-refractivity contribution >= 4 is 34.7 Å². The van der Waals surface area contributed by atoms with Gasteiger partial charge in [0.2, 0.25) is 5.91 Å². The van der Waals surface area contributed by atoms with Gasteiger partial charge in [0.25, 0.3) is 17.1 Å². The van der Waals surface area contributed by atoms with Crippen LogP contribution in [-0.4, -0.2) is 51.9 Å². The molecule has 0 saturated carbocycles. The van der Waals surface area contributed by atoms with E-state index in [2.05, 4.69) is 0 Å². The van der Waals surface area contributed by atoms with Crippen LogP contribution < -0.4 is 5.73 Å². The highest BCUT2D eigenvalue weighted by Gasteiger charge is 2.43. The van der Waals surface area contributed by atoms with Crippen molar-refractivity contribution in [1.82, 2.24) is 9.80 Å². The van der Waals surface area contributed by atoms with Crippen LogP contribution in [0.3, 0.4) is 0 Å². The molecule has 2 fully saturated rings. The molecule has 2 aliphatic heterocycles. The molecule has 3 rings (SSSR count). The largest absolute Gasteiger partial charge is 0.417 e. The highest BCUT2D eigenvalue weighted by molar-refractivity contribution is 8.18. The van der Waals surface area contributed by atoms with Gasteiger partial charge >= 0.3 is 6.18 Å². The molecule has 184 valence electrons. The number of thioether (sulfide) groups is 1. The van der Waals surface area contributed by atoms with Gasteiger partial charge in [-0.1, -0.05) is 38.3 Å². The Morgan fingerprint density at radius 1 is 1.12 bits per heavy atom. The zero-order valence-electron chi connectivity index (χ0n) is 18.7. The Hall–Kier alpha value is -2.82. The molecule has 11 heteroatoms. The molecule has 34 heavy (non-hydrogen) atoms. The Balaban J connectivity index is 1.73. The van der Waals surface area contributed by atoms with Gasteiger partial charge in [-0.2, -0.15) is 13.2 Å². The van der Waals surface area contributed by atoms with E-state index in [1.807, 2.05) is 6.92 Å². The zero-order chi connectivity index (χ0) is 25.0. The molecule has 2 N–H and O–H groups in total. The quantitative estimate of drug-likeness (QED) is 0.447. The summed E-state index contributed by atoms with van der Waals surface area (Å²) in [7, 11) is 0. The Labute approximate surface area is 199 Å². The van der Waals surface area contributed by atoms with Crippen LogP contribution in [0.2, 0.25) is 0 Å². The number of rotatable bonds is 7. The van der Waals surface area contributed by atoms with E-state index in [9.17, 15) is 32.3 Å². The van der Waals surface area contributed by atoms with Gasteiger partial charge in [0.1, 0.15) is 6.04 Å². The maximum Gasteiger partial charge on any atom is 0.417 e. The van der Waals surface area contributed by atoms with Gasteiger partial charge in [-0.15, -0.1) is 0 Å². The monoisotopic (exact) mass is 497 g/mol. The van der Waals surface area contributed by atoms with Crippen LogP contribution in [-0.2, 0) is 15.8 Å². The van der Waals surface area contributed by atoms with E-state index in [-0.39, 0.29) is 30.8 Å². The smallest absolute Gasteiger partial charge is 0.368 e. The van der Waals surface area contributed by atoms with Crippen LogP contribution in [0.5, 0.6) is 0 Å². The molecule has 0 spiro atoms. The number of nitrogens with zero attached hydrogens (tertiary/aromatic N) is 2. The molecular formula is C23H26F3N3O4S. The molecule has 0 bridgehead atoms. The first-order valence-corrected chi connectivity index (χ1v) is 11.9. The average Bonchev–Trinajstić information content (AvgIpc) is 3.09. The van der Waals surface area contributed by atoms with Crippen LogP contribution in [0.15, 0.2) is 34.7 Å². The summed E-state index contributed by atoms with van der Waals surface area (Å²) in [5.74, 6) is -2.05. The van der Waals surface area contributed by atoms with E-state index in [0.29, 0.717) is 18.4 Å². The van der Waals surface area contributed by atoms with Gasteiger partial charge in [0.15, 0.2) is 0 Å². The van der Waals surface area contributed by atoms with Gasteiger partial charge in [0, 0.05) is 13.1 Å². The highest BCUT2D eigenvalue weighted by Crippen LogP contribution is 2.39. The molecule has 7 nitrogen and oxygen atoms in total. The molecule has 1 aromatic carbocycles. The highest BCUT2D eigenvalue weighted by atomic mass is 32.2. The van der Waals surface area contributed by atoms with Crippen molar-refractivity contribution in [1.29, 1.82) is 0 Å². The summed E-state index contributed by atoms with van der Waals surface area (Å²) in [4.78, 5) is 52.7. The molecule has 2 saturated heterocycles. The molecule has 0 aromatic heterocycles. The second-order valence-electron chi connectivity index (χ2n) is 8.23. The lowest BCUT2D eigenvalue weighted by atomic mass is 10.00. The number of benzene rings is 1. The molecule has 1 aromatic rings. The van der Waals surface area contributed by atoms with Crippen molar-refractivity contribution in [3.8, 4) is 0 Å². The average molecular weight is 498 g/mol. The van der Waals surface area contributed by atoms with E-state index >= 15 is 0 Å². The summed E-state index contributed by atoms with van der Waals surface area (Å²) in [5, 5.41) is -0.564. The van der Waals surface area contributed by atoms with Gasteiger partial charge in [-0.05, 0) is 48.7 Å². The van der Waals surface area contributed by atoms with Crippen molar-refractivity contribution in [2.24, 2.45) is 5.73 Å². The number of carbonyl (C=O) groups excluding carboxylic acids is 4. The Kier molecular flexibility index (Phi) is 8.06. The van der Waals surface area contributed by atoms with Crippen LogP contribution in [0.25, 0.3) is 0 Å². The van der Waals surface area contributed by atoms with E-state index in [0.717, 1.165) is 41.6 Å².